The van der Waals surface area contributed by atoms with Crippen molar-refractivity contribution in [3.8, 4) is 5.69 Å². The highest BCUT2D eigenvalue weighted by atomic mass is 16.5. The average molecular weight is 422 g/mol. The molecule has 4 heterocycles. The van der Waals surface area contributed by atoms with Crippen LogP contribution in [0.4, 0.5) is 23.1 Å². The normalized spacial score (nSPS) is 17.7. The number of pyridine rings is 1. The topological polar surface area (TPSA) is 91.6 Å². The van der Waals surface area contributed by atoms with E-state index in [1.54, 1.807) is 17.2 Å². The Hall–Kier alpha value is -3.17. The molecule has 0 amide bonds. The highest BCUT2D eigenvalue weighted by Gasteiger charge is 2.20. The number of rotatable bonds is 5. The molecule has 31 heavy (non-hydrogen) atoms. The lowest BCUT2D eigenvalue weighted by molar-refractivity contribution is 0.122. The molecule has 2 saturated heterocycles. The maximum atomic E-state index is 9.70. The second-order valence-corrected chi connectivity index (χ2v) is 7.88. The van der Waals surface area contributed by atoms with Crippen LogP contribution in [0.3, 0.4) is 0 Å². The van der Waals surface area contributed by atoms with Gasteiger partial charge in [-0.1, -0.05) is 0 Å². The maximum absolute atomic E-state index is 9.70. The number of hydrogen-bond donors (Lipinski definition) is 2. The maximum Gasteiger partial charge on any atom is 0.245 e. The standard InChI is InChI=1S/C22H27N7O2/c30-20-6-9-28(10-7-20)22-24-16-29(26-22)19-5-8-23-21(15-19)25-17-1-3-18(4-2-17)27-11-13-31-14-12-27/h1-5,8,15-16,20,30H,6-7,9-14H2,(H,23,25). The minimum absolute atomic E-state index is 0.213. The first-order valence-corrected chi connectivity index (χ1v) is 10.8. The number of piperidine rings is 1. The second kappa shape index (κ2) is 8.91. The van der Waals surface area contributed by atoms with Crippen LogP contribution in [-0.2, 0) is 4.74 Å². The van der Waals surface area contributed by atoms with Crippen molar-refractivity contribution in [3.05, 3.63) is 48.9 Å². The fraction of sp³-hybridized carbons (Fsp3) is 0.409. The van der Waals surface area contributed by atoms with Gasteiger partial charge in [-0.15, -0.1) is 5.10 Å². The predicted molar refractivity (Wildman–Crippen MR) is 119 cm³/mol. The number of nitrogens with one attached hydrogen (secondary N) is 1. The smallest absolute Gasteiger partial charge is 0.245 e. The summed E-state index contributed by atoms with van der Waals surface area (Å²) >= 11 is 0. The minimum Gasteiger partial charge on any atom is -0.393 e. The Kier molecular flexibility index (Phi) is 5.68. The molecule has 0 atom stereocenters. The number of benzene rings is 1. The highest BCUT2D eigenvalue weighted by Crippen LogP contribution is 2.23. The van der Waals surface area contributed by atoms with Crippen molar-refractivity contribution in [1.82, 2.24) is 19.7 Å². The third-order valence-electron chi connectivity index (χ3n) is 5.75. The summed E-state index contributed by atoms with van der Waals surface area (Å²) in [7, 11) is 0. The van der Waals surface area contributed by atoms with Gasteiger partial charge in [0.2, 0.25) is 5.95 Å². The third kappa shape index (κ3) is 4.62. The van der Waals surface area contributed by atoms with Gasteiger partial charge in [-0.2, -0.15) is 4.98 Å². The van der Waals surface area contributed by atoms with E-state index in [1.165, 1.54) is 5.69 Å². The van der Waals surface area contributed by atoms with Gasteiger partial charge < -0.3 is 25.0 Å². The van der Waals surface area contributed by atoms with Gasteiger partial charge in [-0.25, -0.2) is 9.67 Å². The molecule has 0 aliphatic carbocycles. The first-order chi connectivity index (χ1) is 15.2. The molecule has 162 valence electrons. The number of aliphatic hydroxyl groups is 1. The quantitative estimate of drug-likeness (QED) is 0.648. The summed E-state index contributed by atoms with van der Waals surface area (Å²) in [5.41, 5.74) is 3.07. The lowest BCUT2D eigenvalue weighted by Crippen LogP contribution is -2.36. The first-order valence-electron chi connectivity index (χ1n) is 10.8. The molecule has 9 nitrogen and oxygen atoms in total. The van der Waals surface area contributed by atoms with E-state index >= 15 is 0 Å². The zero-order chi connectivity index (χ0) is 21.0. The molecule has 2 fully saturated rings. The number of aromatic nitrogens is 4. The van der Waals surface area contributed by atoms with Crippen LogP contribution in [0.15, 0.2) is 48.9 Å². The number of nitrogens with zero attached hydrogens (tertiary/aromatic N) is 6. The van der Waals surface area contributed by atoms with Crippen LogP contribution in [0.5, 0.6) is 0 Å². The van der Waals surface area contributed by atoms with Gasteiger partial charge in [-0.3, -0.25) is 0 Å². The van der Waals surface area contributed by atoms with Crippen molar-refractivity contribution >= 4 is 23.1 Å². The van der Waals surface area contributed by atoms with E-state index in [0.29, 0.717) is 5.95 Å². The molecule has 2 aliphatic rings. The van der Waals surface area contributed by atoms with Crippen molar-refractivity contribution in [2.45, 2.75) is 18.9 Å². The first kappa shape index (κ1) is 19.8. The molecule has 0 unspecified atom stereocenters. The van der Waals surface area contributed by atoms with Crippen LogP contribution >= 0.6 is 0 Å². The molecule has 2 aliphatic heterocycles. The van der Waals surface area contributed by atoms with Gasteiger partial charge in [0.25, 0.3) is 0 Å². The van der Waals surface area contributed by atoms with Crippen molar-refractivity contribution in [2.24, 2.45) is 0 Å². The van der Waals surface area contributed by atoms with E-state index in [1.807, 2.05) is 12.1 Å². The van der Waals surface area contributed by atoms with E-state index in [9.17, 15) is 5.11 Å². The van der Waals surface area contributed by atoms with Gasteiger partial charge in [-0.05, 0) is 43.2 Å². The minimum atomic E-state index is -0.213. The van der Waals surface area contributed by atoms with Gasteiger partial charge >= 0.3 is 0 Å². The summed E-state index contributed by atoms with van der Waals surface area (Å²) in [5.74, 6) is 1.44. The molecule has 2 N–H and O–H groups in total. The SMILES string of the molecule is OC1CCN(c2ncn(-c3ccnc(Nc4ccc(N5CCOCC5)cc4)c3)n2)CC1. The Morgan fingerprint density at radius 3 is 2.45 bits per heavy atom. The lowest BCUT2D eigenvalue weighted by atomic mass is 10.1. The van der Waals surface area contributed by atoms with Gasteiger partial charge in [0, 0.05) is 49.8 Å². The van der Waals surface area contributed by atoms with E-state index in [-0.39, 0.29) is 6.10 Å². The zero-order valence-corrected chi connectivity index (χ0v) is 17.4. The van der Waals surface area contributed by atoms with Crippen molar-refractivity contribution in [2.75, 3.05) is 54.5 Å². The van der Waals surface area contributed by atoms with Crippen LogP contribution in [-0.4, -0.2) is 70.4 Å². The van der Waals surface area contributed by atoms with Gasteiger partial charge in [0.05, 0.1) is 25.0 Å². The summed E-state index contributed by atoms with van der Waals surface area (Å²) in [5, 5.41) is 17.7. The molecule has 1 aromatic carbocycles. The van der Waals surface area contributed by atoms with E-state index in [4.69, 9.17) is 4.74 Å². The fourth-order valence-corrected chi connectivity index (χ4v) is 3.94. The largest absolute Gasteiger partial charge is 0.393 e. The third-order valence-corrected chi connectivity index (χ3v) is 5.75. The van der Waals surface area contributed by atoms with Crippen molar-refractivity contribution in [3.63, 3.8) is 0 Å². The van der Waals surface area contributed by atoms with E-state index < -0.39 is 0 Å². The summed E-state index contributed by atoms with van der Waals surface area (Å²) in [4.78, 5) is 13.3. The Morgan fingerprint density at radius 2 is 1.68 bits per heavy atom. The molecule has 0 spiro atoms. The Morgan fingerprint density at radius 1 is 0.903 bits per heavy atom. The summed E-state index contributed by atoms with van der Waals surface area (Å²) in [6.07, 6.45) is 4.77. The number of ether oxygens (including phenoxy) is 1. The lowest BCUT2D eigenvalue weighted by Gasteiger charge is -2.28. The van der Waals surface area contributed by atoms with Crippen LogP contribution in [0, 0.1) is 0 Å². The van der Waals surface area contributed by atoms with Crippen molar-refractivity contribution in [1.29, 1.82) is 0 Å². The fourth-order valence-electron chi connectivity index (χ4n) is 3.94. The number of morpholine rings is 1. The summed E-state index contributed by atoms with van der Waals surface area (Å²) in [6, 6.07) is 12.2. The Labute approximate surface area is 181 Å². The second-order valence-electron chi connectivity index (χ2n) is 7.88. The number of aliphatic hydroxyl groups excluding tert-OH is 1. The van der Waals surface area contributed by atoms with Crippen LogP contribution < -0.4 is 15.1 Å². The van der Waals surface area contributed by atoms with Gasteiger partial charge in [0.1, 0.15) is 12.1 Å². The average Bonchev–Trinajstić information content (AvgIpc) is 3.31. The molecular weight excluding hydrogens is 394 g/mol. The molecule has 3 aromatic rings. The number of hydrogen-bond acceptors (Lipinski definition) is 8. The molecule has 9 heteroatoms. The Balaban J connectivity index is 1.26. The molecule has 2 aromatic heterocycles. The van der Waals surface area contributed by atoms with Gasteiger partial charge in [0.15, 0.2) is 0 Å². The van der Waals surface area contributed by atoms with Crippen LogP contribution in [0.25, 0.3) is 5.69 Å². The molecule has 0 saturated carbocycles. The van der Waals surface area contributed by atoms with E-state index in [2.05, 4.69) is 54.4 Å². The molecule has 5 rings (SSSR count). The van der Waals surface area contributed by atoms with Crippen LogP contribution in [0.2, 0.25) is 0 Å². The monoisotopic (exact) mass is 421 g/mol. The zero-order valence-electron chi connectivity index (χ0n) is 17.4. The summed E-state index contributed by atoms with van der Waals surface area (Å²) in [6.45, 7) is 4.95. The van der Waals surface area contributed by atoms with Crippen molar-refractivity contribution < 1.29 is 9.84 Å². The Bertz CT molecular complexity index is 993. The molecule has 0 bridgehead atoms. The molecular formula is C22H27N7O2. The van der Waals surface area contributed by atoms with Crippen LogP contribution in [0.1, 0.15) is 12.8 Å². The van der Waals surface area contributed by atoms with E-state index in [0.717, 1.165) is 69.4 Å². The summed E-state index contributed by atoms with van der Waals surface area (Å²) < 4.78 is 7.18. The predicted octanol–water partition coefficient (Wildman–Crippen LogP) is 2.20. The number of anilines is 4. The highest BCUT2D eigenvalue weighted by molar-refractivity contribution is 5.62. The molecule has 0 radical (unpaired) electrons.